The number of rotatable bonds is 10. The van der Waals surface area contributed by atoms with E-state index in [1.165, 1.54) is 49.2 Å². The van der Waals surface area contributed by atoms with Crippen LogP contribution in [0.5, 0.6) is 0 Å². The monoisotopic (exact) mass is 391 g/mol. The molecule has 0 rings (SSSR count). The largest absolute Gasteiger partial charge is 0.423 e. The van der Waals surface area contributed by atoms with Crippen LogP contribution in [-0.2, 0) is 4.43 Å². The van der Waals surface area contributed by atoms with Crippen LogP contribution in [0, 0.1) is 0 Å². The average Bonchev–Trinajstić information content (AvgIpc) is 2.59. The van der Waals surface area contributed by atoms with Crippen LogP contribution in [0.4, 0.5) is 0 Å². The van der Waals surface area contributed by atoms with Crippen molar-refractivity contribution in [2.75, 3.05) is 6.54 Å². The fourth-order valence-electron chi connectivity index (χ4n) is 3.85. The summed E-state index contributed by atoms with van der Waals surface area (Å²) in [4.78, 5) is 0. The van der Waals surface area contributed by atoms with Gasteiger partial charge in [0.2, 0.25) is 0 Å². The summed E-state index contributed by atoms with van der Waals surface area (Å²) in [5.74, 6) is 0. The van der Waals surface area contributed by atoms with Gasteiger partial charge in [0.15, 0.2) is 0 Å². The highest BCUT2D eigenvalue weighted by Crippen LogP contribution is 2.35. The van der Waals surface area contributed by atoms with E-state index in [2.05, 4.69) is 73.5 Å². The quantitative estimate of drug-likeness (QED) is 0.437. The second-order valence-corrected chi connectivity index (χ2v) is 19.1. The van der Waals surface area contributed by atoms with Crippen molar-refractivity contribution in [2.45, 2.75) is 118 Å². The molecule has 0 aromatic rings. The molecule has 0 saturated heterocycles. The van der Waals surface area contributed by atoms with Crippen LogP contribution in [0.25, 0.3) is 0 Å². The zero-order valence-corrected chi connectivity index (χ0v) is 23.0. The summed E-state index contributed by atoms with van der Waals surface area (Å²) >= 11 is 0. The third-order valence-electron chi connectivity index (χ3n) is 6.15. The van der Waals surface area contributed by atoms with Crippen LogP contribution in [0.15, 0.2) is 0 Å². The lowest BCUT2D eigenvalue weighted by Gasteiger charge is -2.52. The maximum Gasteiger partial charge on any atom is 0.146 e. The zero-order valence-electron chi connectivity index (χ0n) is 19.0. The highest BCUT2D eigenvalue weighted by molar-refractivity contribution is 6.92. The van der Waals surface area contributed by atoms with Crippen LogP contribution in [0.1, 0.15) is 75.7 Å². The van der Waals surface area contributed by atoms with Crippen LogP contribution in [-0.4, -0.2) is 43.3 Å². The van der Waals surface area contributed by atoms with Gasteiger partial charge in [-0.05, 0) is 70.0 Å². The summed E-state index contributed by atoms with van der Waals surface area (Å²) in [6.45, 7) is 24.7. The SMILES string of the molecule is CC(C)(C)O[SiH3].CCCN([Si](CC)(CC)CC)[Si](CC)(CC)CC. The lowest BCUT2D eigenvalue weighted by molar-refractivity contribution is 0.147. The minimum Gasteiger partial charge on any atom is -0.423 e. The lowest BCUT2D eigenvalue weighted by atomic mass is 10.2. The highest BCUT2D eigenvalue weighted by Gasteiger charge is 2.45. The summed E-state index contributed by atoms with van der Waals surface area (Å²) in [5.41, 5.74) is 0.103. The molecule has 0 N–H and O–H groups in total. The van der Waals surface area contributed by atoms with Gasteiger partial charge in [-0.3, -0.25) is 0 Å². The van der Waals surface area contributed by atoms with E-state index in [1.807, 2.05) is 0 Å². The molecular weight excluding hydrogens is 342 g/mol. The zero-order chi connectivity index (χ0) is 19.4. The third-order valence-corrected chi connectivity index (χ3v) is 20.9. The molecule has 24 heavy (non-hydrogen) atoms. The van der Waals surface area contributed by atoms with E-state index in [9.17, 15) is 0 Å². The van der Waals surface area contributed by atoms with Crippen molar-refractivity contribution >= 4 is 27.0 Å². The molecule has 0 radical (unpaired) electrons. The van der Waals surface area contributed by atoms with Gasteiger partial charge in [-0.25, -0.2) is 0 Å². The molecule has 0 unspecified atom stereocenters. The molecule has 0 fully saturated rings. The third kappa shape index (κ3) is 7.85. The van der Waals surface area contributed by atoms with Gasteiger partial charge in [-0.1, -0.05) is 48.5 Å². The first kappa shape index (κ1) is 26.8. The lowest BCUT2D eigenvalue weighted by Crippen LogP contribution is -2.65. The van der Waals surface area contributed by atoms with Crippen molar-refractivity contribution < 1.29 is 4.43 Å². The second-order valence-electron chi connectivity index (χ2n) is 8.04. The summed E-state index contributed by atoms with van der Waals surface area (Å²) in [7, 11) is -1.49. The van der Waals surface area contributed by atoms with Crippen LogP contribution >= 0.6 is 0 Å². The Kier molecular flexibility index (Phi) is 14.3. The predicted molar refractivity (Wildman–Crippen MR) is 122 cm³/mol. The molecule has 0 aliphatic rings. The van der Waals surface area contributed by atoms with E-state index in [-0.39, 0.29) is 5.60 Å². The molecule has 0 aliphatic heterocycles. The topological polar surface area (TPSA) is 12.5 Å². The Hall–Kier alpha value is 0.571. The summed E-state index contributed by atoms with van der Waals surface area (Å²) in [6, 6.07) is 8.72. The molecule has 0 heterocycles. The molecule has 0 atom stereocenters. The maximum atomic E-state index is 5.08. The Morgan fingerprint density at radius 1 is 0.708 bits per heavy atom. The van der Waals surface area contributed by atoms with Gasteiger partial charge in [0.1, 0.15) is 27.0 Å². The predicted octanol–water partition coefficient (Wildman–Crippen LogP) is 5.79. The van der Waals surface area contributed by atoms with E-state index >= 15 is 0 Å². The highest BCUT2D eigenvalue weighted by atomic mass is 28.4. The Labute approximate surface area is 159 Å². The smallest absolute Gasteiger partial charge is 0.146 e. The first-order valence-corrected chi connectivity index (χ1v) is 16.4. The normalized spacial score (nSPS) is 13.1. The fraction of sp³-hybridized carbons (Fsp3) is 1.00. The molecule has 0 spiro atoms. The Morgan fingerprint density at radius 3 is 1.08 bits per heavy atom. The first-order valence-electron chi connectivity index (χ1n) is 10.4. The summed E-state index contributed by atoms with van der Waals surface area (Å²) in [5, 5.41) is 0. The number of nitrogens with zero attached hydrogens (tertiary/aromatic N) is 1. The number of hydrogen-bond acceptors (Lipinski definition) is 2. The van der Waals surface area contributed by atoms with Gasteiger partial charge >= 0.3 is 0 Å². The molecular formula is C19H49NOSi3. The van der Waals surface area contributed by atoms with Crippen molar-refractivity contribution in [3.05, 3.63) is 0 Å². The van der Waals surface area contributed by atoms with E-state index in [0.717, 1.165) is 10.5 Å². The standard InChI is InChI=1S/C15H37NSi2.C4H12OSi/c1-8-15-16(17(9-2,10-3)11-4)18(12-5,13-6)14-7;1-4(2,3)5-6/h8-15H2,1-7H3;1-3,6H3. The minimum absolute atomic E-state index is 0.103. The Balaban J connectivity index is 0. The molecule has 5 heteroatoms. The molecule has 0 saturated carbocycles. The Bertz CT molecular complexity index is 261. The van der Waals surface area contributed by atoms with E-state index in [4.69, 9.17) is 4.43 Å². The summed E-state index contributed by atoms with van der Waals surface area (Å²) < 4.78 is 8.24. The average molecular weight is 392 g/mol. The molecule has 0 aromatic carbocycles. The van der Waals surface area contributed by atoms with Gasteiger partial charge in [-0.2, -0.15) is 0 Å². The van der Waals surface area contributed by atoms with Crippen LogP contribution in [0.2, 0.25) is 36.3 Å². The van der Waals surface area contributed by atoms with Crippen LogP contribution in [0.3, 0.4) is 0 Å². The van der Waals surface area contributed by atoms with E-state index < -0.39 is 16.5 Å². The van der Waals surface area contributed by atoms with Crippen molar-refractivity contribution in [2.24, 2.45) is 0 Å². The van der Waals surface area contributed by atoms with E-state index in [0.29, 0.717) is 0 Å². The Morgan fingerprint density at radius 2 is 0.958 bits per heavy atom. The fourth-order valence-corrected chi connectivity index (χ4v) is 17.4. The maximum absolute atomic E-state index is 5.08. The first-order chi connectivity index (χ1) is 11.1. The summed E-state index contributed by atoms with van der Waals surface area (Å²) in [6.07, 6.45) is 1.34. The second kappa shape index (κ2) is 12.8. The van der Waals surface area contributed by atoms with Crippen molar-refractivity contribution in [1.29, 1.82) is 0 Å². The molecule has 0 bridgehead atoms. The number of hydrogen-bond donors (Lipinski definition) is 0. The van der Waals surface area contributed by atoms with Crippen molar-refractivity contribution in [3.63, 3.8) is 0 Å². The van der Waals surface area contributed by atoms with Crippen molar-refractivity contribution in [3.8, 4) is 0 Å². The minimum atomic E-state index is -1.17. The molecule has 0 amide bonds. The van der Waals surface area contributed by atoms with E-state index in [1.54, 1.807) is 0 Å². The van der Waals surface area contributed by atoms with Gasteiger partial charge in [-0.15, -0.1) is 0 Å². The van der Waals surface area contributed by atoms with Gasteiger partial charge in [0.25, 0.3) is 0 Å². The molecule has 0 aliphatic carbocycles. The molecule has 148 valence electrons. The molecule has 0 aromatic heterocycles. The van der Waals surface area contributed by atoms with Crippen molar-refractivity contribution in [1.82, 2.24) is 4.23 Å². The van der Waals surface area contributed by atoms with Gasteiger partial charge in [0.05, 0.1) is 0 Å². The van der Waals surface area contributed by atoms with Crippen LogP contribution < -0.4 is 0 Å². The van der Waals surface area contributed by atoms with Gasteiger partial charge < -0.3 is 8.66 Å². The molecule has 2 nitrogen and oxygen atoms in total. The van der Waals surface area contributed by atoms with Gasteiger partial charge in [0, 0.05) is 5.60 Å².